The third kappa shape index (κ3) is 2.92. The molecule has 24 heavy (non-hydrogen) atoms. The van der Waals surface area contributed by atoms with Crippen molar-refractivity contribution in [1.29, 1.82) is 0 Å². The molecule has 1 saturated heterocycles. The molecule has 0 saturated carbocycles. The van der Waals surface area contributed by atoms with Crippen molar-refractivity contribution in [2.24, 2.45) is 5.92 Å². The van der Waals surface area contributed by atoms with Crippen molar-refractivity contribution in [3.63, 3.8) is 0 Å². The molecule has 0 aliphatic carbocycles. The lowest BCUT2D eigenvalue weighted by atomic mass is 9.69. The molecule has 4 atom stereocenters. The van der Waals surface area contributed by atoms with Gasteiger partial charge in [0.25, 0.3) is 5.91 Å². The molecule has 0 aromatic heterocycles. The molecule has 1 fully saturated rings. The molecular weight excluding hydrogens is 306 g/mol. The molecule has 1 aromatic carbocycles. The number of aliphatic hydroxyl groups is 2. The largest absolute Gasteiger partial charge is 0.394 e. The number of ether oxygens (including phenoxy) is 1. The zero-order valence-electron chi connectivity index (χ0n) is 14.2. The van der Waals surface area contributed by atoms with Crippen LogP contribution >= 0.6 is 0 Å². The Morgan fingerprint density at radius 2 is 2.12 bits per heavy atom. The maximum atomic E-state index is 13.0. The molecule has 0 radical (unpaired) electrons. The minimum atomic E-state index is -1.20. The highest BCUT2D eigenvalue weighted by Crippen LogP contribution is 2.44. The lowest BCUT2D eigenvalue weighted by Crippen LogP contribution is -2.80. The predicted molar refractivity (Wildman–Crippen MR) is 91.1 cm³/mol. The number of carbonyl (C=O) groups excluding carboxylic acids is 1. The van der Waals surface area contributed by atoms with Gasteiger partial charge in [0.2, 0.25) is 0 Å². The van der Waals surface area contributed by atoms with Gasteiger partial charge in [-0.15, -0.1) is 5.73 Å². The van der Waals surface area contributed by atoms with Gasteiger partial charge in [0, 0.05) is 19.6 Å². The minimum absolute atomic E-state index is 0.190. The molecule has 5 nitrogen and oxygen atoms in total. The van der Waals surface area contributed by atoms with Crippen molar-refractivity contribution in [3.05, 3.63) is 54.3 Å². The summed E-state index contributed by atoms with van der Waals surface area (Å²) in [6.07, 6.45) is 1.26. The Hall–Kier alpha value is -1.91. The summed E-state index contributed by atoms with van der Waals surface area (Å²) in [6, 6.07) is 8.91. The van der Waals surface area contributed by atoms with E-state index in [9.17, 15) is 15.0 Å². The van der Waals surface area contributed by atoms with Gasteiger partial charge in [-0.05, 0) is 18.1 Å². The highest BCUT2D eigenvalue weighted by atomic mass is 16.5. The number of nitrogens with zero attached hydrogens (tertiary/aromatic N) is 1. The number of rotatable bonds is 8. The van der Waals surface area contributed by atoms with Gasteiger partial charge in [0.15, 0.2) is 5.60 Å². The fourth-order valence-corrected chi connectivity index (χ4v) is 3.61. The highest BCUT2D eigenvalue weighted by molar-refractivity contribution is 5.94. The van der Waals surface area contributed by atoms with Crippen molar-refractivity contribution in [2.75, 3.05) is 13.7 Å². The number of likely N-dealkylation sites (tertiary alicyclic amines) is 1. The molecule has 1 aromatic rings. The van der Waals surface area contributed by atoms with Crippen LogP contribution in [0, 0.1) is 5.92 Å². The van der Waals surface area contributed by atoms with E-state index < -0.39 is 24.4 Å². The van der Waals surface area contributed by atoms with Crippen LogP contribution in [0.25, 0.3) is 0 Å². The molecular formula is C19H25NO4. The number of benzene rings is 1. The van der Waals surface area contributed by atoms with Crippen molar-refractivity contribution in [3.8, 4) is 0 Å². The zero-order valence-corrected chi connectivity index (χ0v) is 14.2. The summed E-state index contributed by atoms with van der Waals surface area (Å²) in [5, 5.41) is 19.8. The van der Waals surface area contributed by atoms with Gasteiger partial charge in [-0.2, -0.15) is 0 Å². The van der Waals surface area contributed by atoms with E-state index in [1.807, 2.05) is 37.3 Å². The Morgan fingerprint density at radius 1 is 1.46 bits per heavy atom. The molecule has 0 bridgehead atoms. The quantitative estimate of drug-likeness (QED) is 0.559. The summed E-state index contributed by atoms with van der Waals surface area (Å²) >= 11 is 0. The van der Waals surface area contributed by atoms with Gasteiger partial charge in [-0.25, -0.2) is 0 Å². The topological polar surface area (TPSA) is 70.0 Å². The Bertz CT molecular complexity index is 611. The predicted octanol–water partition coefficient (Wildman–Crippen LogP) is 1.50. The van der Waals surface area contributed by atoms with Crippen LogP contribution in [0.5, 0.6) is 0 Å². The second-order valence-electron chi connectivity index (χ2n) is 6.00. The Labute approximate surface area is 142 Å². The molecule has 0 spiro atoms. The number of aliphatic hydroxyl groups excluding tert-OH is 2. The molecule has 130 valence electrons. The van der Waals surface area contributed by atoms with Gasteiger partial charge < -0.3 is 19.8 Å². The molecule has 1 amide bonds. The maximum absolute atomic E-state index is 13.0. The lowest BCUT2D eigenvalue weighted by Gasteiger charge is -2.58. The fourth-order valence-electron chi connectivity index (χ4n) is 3.61. The van der Waals surface area contributed by atoms with Crippen LogP contribution < -0.4 is 0 Å². The number of hydrogen-bond acceptors (Lipinski definition) is 4. The average molecular weight is 331 g/mol. The maximum Gasteiger partial charge on any atom is 0.258 e. The second-order valence-corrected chi connectivity index (χ2v) is 6.00. The third-order valence-electron chi connectivity index (χ3n) is 4.77. The van der Waals surface area contributed by atoms with Crippen molar-refractivity contribution in [2.45, 2.75) is 37.6 Å². The molecule has 2 rings (SSSR count). The number of methoxy groups -OCH3 is 1. The Morgan fingerprint density at radius 3 is 2.62 bits per heavy atom. The second kappa shape index (κ2) is 7.77. The monoisotopic (exact) mass is 331 g/mol. The van der Waals surface area contributed by atoms with Gasteiger partial charge in [-0.3, -0.25) is 4.79 Å². The summed E-state index contributed by atoms with van der Waals surface area (Å²) in [7, 11) is 1.47. The number of amides is 1. The van der Waals surface area contributed by atoms with Gasteiger partial charge in [-0.1, -0.05) is 43.8 Å². The minimum Gasteiger partial charge on any atom is -0.394 e. The van der Waals surface area contributed by atoms with Gasteiger partial charge >= 0.3 is 0 Å². The van der Waals surface area contributed by atoms with Crippen LogP contribution in [0.1, 0.15) is 18.9 Å². The average Bonchev–Trinajstić information content (AvgIpc) is 2.62. The molecule has 5 heteroatoms. The van der Waals surface area contributed by atoms with Crippen molar-refractivity contribution >= 4 is 5.91 Å². The smallest absolute Gasteiger partial charge is 0.258 e. The van der Waals surface area contributed by atoms with E-state index in [0.717, 1.165) is 5.56 Å². The van der Waals surface area contributed by atoms with E-state index in [4.69, 9.17) is 4.74 Å². The Balaban J connectivity index is 2.38. The third-order valence-corrected chi connectivity index (χ3v) is 4.77. The first kappa shape index (κ1) is 18.4. The van der Waals surface area contributed by atoms with Crippen LogP contribution in [0.3, 0.4) is 0 Å². The van der Waals surface area contributed by atoms with Crippen LogP contribution in [-0.4, -0.2) is 52.5 Å². The van der Waals surface area contributed by atoms with Gasteiger partial charge in [0.05, 0.1) is 12.6 Å². The van der Waals surface area contributed by atoms with E-state index >= 15 is 0 Å². The van der Waals surface area contributed by atoms with E-state index in [2.05, 4.69) is 12.3 Å². The highest BCUT2D eigenvalue weighted by Gasteiger charge is 2.66. The molecule has 2 N–H and O–H groups in total. The fraction of sp³-hybridized carbons (Fsp3) is 0.474. The van der Waals surface area contributed by atoms with Gasteiger partial charge in [0.1, 0.15) is 6.10 Å². The normalized spacial score (nSPS) is 25.6. The van der Waals surface area contributed by atoms with Crippen LogP contribution in [0.2, 0.25) is 0 Å². The van der Waals surface area contributed by atoms with Crippen molar-refractivity contribution < 1.29 is 19.7 Å². The number of β-lactam (4-membered cyclic amide) rings is 1. The molecule has 1 aliphatic rings. The van der Waals surface area contributed by atoms with E-state index in [-0.39, 0.29) is 11.8 Å². The molecule has 1 aliphatic heterocycles. The van der Waals surface area contributed by atoms with Crippen LogP contribution in [-0.2, 0) is 16.1 Å². The zero-order chi connectivity index (χ0) is 17.7. The van der Waals surface area contributed by atoms with E-state index in [1.165, 1.54) is 7.11 Å². The SMILES string of the molecule is C=C=CC(CC)[C@]1(OC)C(=O)N(Cc2ccccc2)[C@H]1[C@H](O)CO. The summed E-state index contributed by atoms with van der Waals surface area (Å²) < 4.78 is 5.63. The number of carbonyl (C=O) groups is 1. The Kier molecular flexibility index (Phi) is 5.97. The van der Waals surface area contributed by atoms with Crippen molar-refractivity contribution in [1.82, 2.24) is 4.90 Å². The first-order valence-corrected chi connectivity index (χ1v) is 8.11. The first-order chi connectivity index (χ1) is 11.6. The molecule has 1 heterocycles. The molecule has 1 unspecified atom stereocenters. The first-order valence-electron chi connectivity index (χ1n) is 8.11. The lowest BCUT2D eigenvalue weighted by molar-refractivity contribution is -0.226. The van der Waals surface area contributed by atoms with Crippen LogP contribution in [0.4, 0.5) is 0 Å². The van der Waals surface area contributed by atoms with E-state index in [0.29, 0.717) is 13.0 Å². The standard InChI is InChI=1S/C19H25NO4/c1-4-9-15(5-2)19(24-3)17(16(22)13-21)20(18(19)23)12-14-10-7-6-8-11-14/h6-11,15-17,21-22H,1,5,12-13H2,2-3H3/t15?,16-,17+,19-/m1/s1. The summed E-state index contributed by atoms with van der Waals surface area (Å²) in [4.78, 5) is 14.5. The van der Waals surface area contributed by atoms with Crippen LogP contribution in [0.15, 0.2) is 48.7 Å². The van der Waals surface area contributed by atoms with E-state index in [1.54, 1.807) is 11.0 Å². The summed E-state index contributed by atoms with van der Waals surface area (Å²) in [5.41, 5.74) is 2.48. The summed E-state index contributed by atoms with van der Waals surface area (Å²) in [5.74, 6) is -0.463. The summed E-state index contributed by atoms with van der Waals surface area (Å²) in [6.45, 7) is 5.44. The number of hydrogen-bond donors (Lipinski definition) is 2.